The summed E-state index contributed by atoms with van der Waals surface area (Å²) >= 11 is 1.55. The molecule has 0 saturated heterocycles. The molecule has 4 nitrogen and oxygen atoms in total. The lowest BCUT2D eigenvalue weighted by atomic mass is 10.3. The number of carboxylic acid groups (broad SMARTS) is 1. The van der Waals surface area contributed by atoms with E-state index in [0.29, 0.717) is 11.8 Å². The molecule has 1 saturated carbocycles. The van der Waals surface area contributed by atoms with Gasteiger partial charge in [-0.3, -0.25) is 4.79 Å². The van der Waals surface area contributed by atoms with Crippen LogP contribution in [0.5, 0.6) is 0 Å². The standard InChI is InChI=1S/C14H16N2O2S/c17-14(18)12(15-10-5-6-10)8-19-13-7-9-3-1-2-4-11(9)16-13/h1-4,7,10,12,15-16H,5-6,8H2,(H,17,18). The molecule has 0 radical (unpaired) electrons. The summed E-state index contributed by atoms with van der Waals surface area (Å²) in [5.41, 5.74) is 1.09. The normalized spacial score (nSPS) is 16.6. The van der Waals surface area contributed by atoms with Crippen molar-refractivity contribution in [2.24, 2.45) is 0 Å². The number of H-pyrrole nitrogens is 1. The Morgan fingerprint density at radius 1 is 1.47 bits per heavy atom. The number of para-hydroxylation sites is 1. The maximum Gasteiger partial charge on any atom is 0.321 e. The van der Waals surface area contributed by atoms with Crippen molar-refractivity contribution in [3.63, 3.8) is 0 Å². The fourth-order valence-corrected chi connectivity index (χ4v) is 3.00. The first-order valence-corrected chi connectivity index (χ1v) is 7.40. The van der Waals surface area contributed by atoms with Crippen molar-refractivity contribution in [2.45, 2.75) is 30.0 Å². The van der Waals surface area contributed by atoms with Gasteiger partial charge in [0.25, 0.3) is 0 Å². The molecule has 1 aliphatic carbocycles. The van der Waals surface area contributed by atoms with Gasteiger partial charge >= 0.3 is 5.97 Å². The van der Waals surface area contributed by atoms with Crippen molar-refractivity contribution >= 4 is 28.6 Å². The molecule has 0 bridgehead atoms. The summed E-state index contributed by atoms with van der Waals surface area (Å²) in [5, 5.41) is 14.5. The molecule has 1 aromatic heterocycles. The average molecular weight is 276 g/mol. The van der Waals surface area contributed by atoms with Crippen LogP contribution >= 0.6 is 11.8 Å². The molecule has 1 unspecified atom stereocenters. The summed E-state index contributed by atoms with van der Waals surface area (Å²) in [6, 6.07) is 10.1. The monoisotopic (exact) mass is 276 g/mol. The van der Waals surface area contributed by atoms with Crippen molar-refractivity contribution in [1.82, 2.24) is 10.3 Å². The van der Waals surface area contributed by atoms with Gasteiger partial charge < -0.3 is 15.4 Å². The van der Waals surface area contributed by atoms with E-state index >= 15 is 0 Å². The van der Waals surface area contributed by atoms with Crippen LogP contribution in [-0.4, -0.2) is 33.9 Å². The highest BCUT2D eigenvalue weighted by molar-refractivity contribution is 7.99. The van der Waals surface area contributed by atoms with Crippen molar-refractivity contribution in [3.8, 4) is 0 Å². The van der Waals surface area contributed by atoms with E-state index in [0.717, 1.165) is 28.8 Å². The number of thioether (sulfide) groups is 1. The van der Waals surface area contributed by atoms with E-state index in [-0.39, 0.29) is 0 Å². The summed E-state index contributed by atoms with van der Waals surface area (Å²) < 4.78 is 0. The molecule has 2 aromatic rings. The number of hydrogen-bond donors (Lipinski definition) is 3. The van der Waals surface area contributed by atoms with E-state index in [4.69, 9.17) is 0 Å². The maximum absolute atomic E-state index is 11.2. The van der Waals surface area contributed by atoms with Crippen LogP contribution in [0.3, 0.4) is 0 Å². The molecular formula is C14H16N2O2S. The van der Waals surface area contributed by atoms with Crippen LogP contribution in [0.2, 0.25) is 0 Å². The summed E-state index contributed by atoms with van der Waals surface area (Å²) in [4.78, 5) is 14.5. The van der Waals surface area contributed by atoms with Gasteiger partial charge in [-0.25, -0.2) is 0 Å². The highest BCUT2D eigenvalue weighted by Gasteiger charge is 2.28. The molecule has 1 aromatic carbocycles. The van der Waals surface area contributed by atoms with E-state index < -0.39 is 12.0 Å². The van der Waals surface area contributed by atoms with Crippen LogP contribution in [0, 0.1) is 0 Å². The minimum Gasteiger partial charge on any atom is -0.480 e. The molecule has 19 heavy (non-hydrogen) atoms. The molecule has 1 aliphatic rings. The van der Waals surface area contributed by atoms with Gasteiger partial charge in [-0.1, -0.05) is 18.2 Å². The molecule has 3 rings (SSSR count). The second-order valence-corrected chi connectivity index (χ2v) is 5.93. The summed E-state index contributed by atoms with van der Waals surface area (Å²) in [6.07, 6.45) is 2.20. The number of rotatable bonds is 6. The lowest BCUT2D eigenvalue weighted by Gasteiger charge is -2.12. The fourth-order valence-electron chi connectivity index (χ4n) is 2.02. The Bertz CT molecular complexity index is 559. The number of aliphatic carboxylic acids is 1. The van der Waals surface area contributed by atoms with E-state index in [1.165, 1.54) is 0 Å². The van der Waals surface area contributed by atoms with Gasteiger partial charge in [0, 0.05) is 22.7 Å². The molecule has 1 atom stereocenters. The molecule has 3 N–H and O–H groups in total. The molecule has 100 valence electrons. The van der Waals surface area contributed by atoms with Crippen LogP contribution in [0.1, 0.15) is 12.8 Å². The Morgan fingerprint density at radius 2 is 2.26 bits per heavy atom. The summed E-state index contributed by atoms with van der Waals surface area (Å²) in [6.45, 7) is 0. The lowest BCUT2D eigenvalue weighted by molar-refractivity contribution is -0.138. The van der Waals surface area contributed by atoms with Crippen LogP contribution in [0.4, 0.5) is 0 Å². The van der Waals surface area contributed by atoms with Crippen LogP contribution < -0.4 is 5.32 Å². The lowest BCUT2D eigenvalue weighted by Crippen LogP contribution is -2.40. The summed E-state index contributed by atoms with van der Waals surface area (Å²) in [5.74, 6) is -0.228. The van der Waals surface area contributed by atoms with Crippen LogP contribution in [0.15, 0.2) is 35.4 Å². The SMILES string of the molecule is O=C(O)C(CSc1cc2ccccc2[nH]1)NC1CC1. The van der Waals surface area contributed by atoms with Gasteiger partial charge in [0.2, 0.25) is 0 Å². The highest BCUT2D eigenvalue weighted by atomic mass is 32.2. The van der Waals surface area contributed by atoms with Gasteiger partial charge in [0.15, 0.2) is 0 Å². The minimum absolute atomic E-state index is 0.407. The van der Waals surface area contributed by atoms with Crippen molar-refractivity contribution < 1.29 is 9.90 Å². The number of nitrogens with one attached hydrogen (secondary N) is 2. The number of fused-ring (bicyclic) bond motifs is 1. The molecule has 1 fully saturated rings. The van der Waals surface area contributed by atoms with Gasteiger partial charge in [-0.2, -0.15) is 0 Å². The van der Waals surface area contributed by atoms with Crippen molar-refractivity contribution in [3.05, 3.63) is 30.3 Å². The number of carboxylic acids is 1. The van der Waals surface area contributed by atoms with E-state index in [9.17, 15) is 9.90 Å². The number of carbonyl (C=O) groups is 1. The van der Waals surface area contributed by atoms with Crippen molar-refractivity contribution in [2.75, 3.05) is 5.75 Å². The second-order valence-electron chi connectivity index (χ2n) is 4.86. The third-order valence-electron chi connectivity index (χ3n) is 3.22. The maximum atomic E-state index is 11.2. The predicted octanol–water partition coefficient (Wildman–Crippen LogP) is 2.47. The quantitative estimate of drug-likeness (QED) is 0.709. The first-order chi connectivity index (χ1) is 9.22. The third-order valence-corrected chi connectivity index (χ3v) is 4.25. The van der Waals surface area contributed by atoms with E-state index in [2.05, 4.69) is 16.4 Å². The smallest absolute Gasteiger partial charge is 0.321 e. The third kappa shape index (κ3) is 3.11. The Balaban J connectivity index is 1.64. The zero-order valence-electron chi connectivity index (χ0n) is 10.4. The fraction of sp³-hybridized carbons (Fsp3) is 0.357. The zero-order valence-corrected chi connectivity index (χ0v) is 11.2. The number of benzene rings is 1. The number of aromatic nitrogens is 1. The van der Waals surface area contributed by atoms with Gasteiger partial charge in [0.1, 0.15) is 6.04 Å². The van der Waals surface area contributed by atoms with Crippen molar-refractivity contribution in [1.29, 1.82) is 0 Å². The number of hydrogen-bond acceptors (Lipinski definition) is 3. The molecule has 0 amide bonds. The topological polar surface area (TPSA) is 65.1 Å². The minimum atomic E-state index is -0.768. The first kappa shape index (κ1) is 12.6. The zero-order chi connectivity index (χ0) is 13.2. The van der Waals surface area contributed by atoms with Crippen LogP contribution in [0.25, 0.3) is 10.9 Å². The molecule has 5 heteroatoms. The Hall–Kier alpha value is -1.46. The van der Waals surface area contributed by atoms with Gasteiger partial charge in [-0.05, 0) is 25.0 Å². The van der Waals surface area contributed by atoms with E-state index in [1.54, 1.807) is 11.8 Å². The largest absolute Gasteiger partial charge is 0.480 e. The van der Waals surface area contributed by atoms with Gasteiger partial charge in [0.05, 0.1) is 5.03 Å². The molecular weight excluding hydrogens is 260 g/mol. The van der Waals surface area contributed by atoms with Gasteiger partial charge in [-0.15, -0.1) is 11.8 Å². The summed E-state index contributed by atoms with van der Waals surface area (Å²) in [7, 11) is 0. The Labute approximate surface area is 115 Å². The Kier molecular flexibility index (Phi) is 3.48. The molecule has 0 spiro atoms. The average Bonchev–Trinajstić information content (AvgIpc) is 3.11. The molecule has 1 heterocycles. The number of aromatic amines is 1. The predicted molar refractivity (Wildman–Crippen MR) is 76.6 cm³/mol. The highest BCUT2D eigenvalue weighted by Crippen LogP contribution is 2.25. The van der Waals surface area contributed by atoms with Crippen LogP contribution in [-0.2, 0) is 4.79 Å². The second kappa shape index (κ2) is 5.27. The Morgan fingerprint density at radius 3 is 2.95 bits per heavy atom. The molecule has 0 aliphatic heterocycles. The first-order valence-electron chi connectivity index (χ1n) is 6.42. The van der Waals surface area contributed by atoms with E-state index in [1.807, 2.05) is 24.3 Å².